The number of fused-ring (bicyclic) bond motifs is 1. The van der Waals surface area contributed by atoms with Gasteiger partial charge in [0.15, 0.2) is 11.6 Å². The van der Waals surface area contributed by atoms with E-state index in [-0.39, 0.29) is 5.39 Å². The Morgan fingerprint density at radius 2 is 1.52 bits per heavy atom. The van der Waals surface area contributed by atoms with Crippen LogP contribution >= 0.6 is 0 Å². The van der Waals surface area contributed by atoms with E-state index in [1.807, 2.05) is 6.07 Å². The lowest BCUT2D eigenvalue weighted by atomic mass is 9.68. The van der Waals surface area contributed by atoms with Gasteiger partial charge in [0.05, 0.1) is 5.39 Å². The largest absolute Gasteiger partial charge is 0.505 e. The summed E-state index contributed by atoms with van der Waals surface area (Å²) in [6, 6.07) is 6.32. The molecule has 2 saturated carbocycles. The van der Waals surface area contributed by atoms with Gasteiger partial charge >= 0.3 is 0 Å². The molecule has 1 nitrogen and oxygen atoms in total. The molecular weight excluding hydrogens is 342 g/mol. The fraction of sp³-hybridized carbons (Fsp3) is 0.583. The highest BCUT2D eigenvalue weighted by atomic mass is 19.1. The third kappa shape index (κ3) is 3.70. The Morgan fingerprint density at radius 3 is 2.15 bits per heavy atom. The molecule has 0 atom stereocenters. The maximum atomic E-state index is 14.5. The van der Waals surface area contributed by atoms with Gasteiger partial charge in [-0.15, -0.1) is 0 Å². The molecule has 2 aliphatic rings. The van der Waals surface area contributed by atoms with Crippen LogP contribution in [-0.4, -0.2) is 5.11 Å². The first-order chi connectivity index (χ1) is 13.1. The average molecular weight is 372 g/mol. The number of hydrogen-bond acceptors (Lipinski definition) is 1. The number of hydrogen-bond donors (Lipinski definition) is 1. The van der Waals surface area contributed by atoms with E-state index in [1.165, 1.54) is 57.1 Å². The summed E-state index contributed by atoms with van der Waals surface area (Å²) in [5.41, 5.74) is 0.984. The van der Waals surface area contributed by atoms with E-state index in [2.05, 4.69) is 6.92 Å². The topological polar surface area (TPSA) is 20.2 Å². The van der Waals surface area contributed by atoms with Crippen molar-refractivity contribution in [3.05, 3.63) is 41.5 Å². The molecule has 2 fully saturated rings. The molecule has 0 unspecified atom stereocenters. The Labute approximate surface area is 160 Å². The maximum Gasteiger partial charge on any atom is 0.175 e. The number of phenolic OH excluding ortho intramolecular Hbond substituents is 1. The van der Waals surface area contributed by atoms with E-state index in [1.54, 1.807) is 6.07 Å². The van der Waals surface area contributed by atoms with Gasteiger partial charge in [-0.05, 0) is 85.3 Å². The first-order valence-electron chi connectivity index (χ1n) is 10.7. The van der Waals surface area contributed by atoms with Gasteiger partial charge in [0, 0.05) is 0 Å². The van der Waals surface area contributed by atoms with Crippen molar-refractivity contribution in [1.82, 2.24) is 0 Å². The molecule has 2 aromatic carbocycles. The molecular formula is C24H30F2O. The summed E-state index contributed by atoms with van der Waals surface area (Å²) in [7, 11) is 0. The number of halogens is 2. The number of benzene rings is 2. The molecule has 0 aromatic heterocycles. The molecule has 0 saturated heterocycles. The second-order valence-corrected chi connectivity index (χ2v) is 8.80. The normalized spacial score (nSPS) is 29.1. The Balaban J connectivity index is 1.45. The number of rotatable bonds is 3. The van der Waals surface area contributed by atoms with Crippen LogP contribution in [0.5, 0.6) is 5.75 Å². The predicted octanol–water partition coefficient (Wildman–Crippen LogP) is 7.31. The minimum atomic E-state index is -0.858. The molecule has 4 rings (SSSR count). The van der Waals surface area contributed by atoms with Crippen molar-refractivity contribution in [3.8, 4) is 5.75 Å². The van der Waals surface area contributed by atoms with Crippen LogP contribution in [0.2, 0.25) is 0 Å². The first kappa shape index (κ1) is 18.7. The van der Waals surface area contributed by atoms with E-state index in [4.69, 9.17) is 0 Å². The van der Waals surface area contributed by atoms with E-state index in [9.17, 15) is 13.9 Å². The van der Waals surface area contributed by atoms with Crippen molar-refractivity contribution in [3.63, 3.8) is 0 Å². The summed E-state index contributed by atoms with van der Waals surface area (Å²) in [6.07, 6.45) is 11.6. The van der Waals surface area contributed by atoms with E-state index < -0.39 is 17.4 Å². The van der Waals surface area contributed by atoms with Crippen molar-refractivity contribution in [2.75, 3.05) is 0 Å². The monoisotopic (exact) mass is 372 g/mol. The van der Waals surface area contributed by atoms with Crippen molar-refractivity contribution in [2.24, 2.45) is 17.8 Å². The third-order valence-electron chi connectivity index (χ3n) is 7.39. The molecule has 0 bridgehead atoms. The fourth-order valence-electron chi connectivity index (χ4n) is 5.61. The quantitative estimate of drug-likeness (QED) is 0.598. The standard InChI is InChI=1S/C24H30F2O/c1-2-15-3-5-16(6-4-15)17-7-9-18(10-8-17)20-13-19-11-12-22(27)24(26)23(19)21(25)14-20/h11-18,27H,2-10H2,1H3. The van der Waals surface area contributed by atoms with Crippen molar-refractivity contribution in [1.29, 1.82) is 0 Å². The van der Waals surface area contributed by atoms with Gasteiger partial charge in [0.2, 0.25) is 0 Å². The molecule has 1 N–H and O–H groups in total. The van der Waals surface area contributed by atoms with Gasteiger partial charge in [-0.3, -0.25) is 0 Å². The van der Waals surface area contributed by atoms with Crippen LogP contribution in [0.15, 0.2) is 24.3 Å². The van der Waals surface area contributed by atoms with E-state index >= 15 is 0 Å². The van der Waals surface area contributed by atoms with Gasteiger partial charge in [-0.1, -0.05) is 38.3 Å². The minimum Gasteiger partial charge on any atom is -0.505 e. The number of phenols is 1. The first-order valence-corrected chi connectivity index (χ1v) is 10.7. The smallest absolute Gasteiger partial charge is 0.175 e. The third-order valence-corrected chi connectivity index (χ3v) is 7.39. The molecule has 0 aliphatic heterocycles. The van der Waals surface area contributed by atoms with E-state index in [0.717, 1.165) is 36.2 Å². The zero-order valence-electron chi connectivity index (χ0n) is 16.2. The highest BCUT2D eigenvalue weighted by Crippen LogP contribution is 2.45. The zero-order chi connectivity index (χ0) is 19.0. The van der Waals surface area contributed by atoms with Crippen LogP contribution in [0, 0.1) is 29.4 Å². The van der Waals surface area contributed by atoms with Gasteiger partial charge in [-0.2, -0.15) is 0 Å². The van der Waals surface area contributed by atoms with Crippen molar-refractivity contribution >= 4 is 10.8 Å². The average Bonchev–Trinajstić information content (AvgIpc) is 2.70. The molecule has 146 valence electrons. The predicted molar refractivity (Wildman–Crippen MR) is 106 cm³/mol. The van der Waals surface area contributed by atoms with E-state index in [0.29, 0.717) is 11.3 Å². The summed E-state index contributed by atoms with van der Waals surface area (Å²) >= 11 is 0. The molecule has 2 aromatic rings. The highest BCUT2D eigenvalue weighted by molar-refractivity contribution is 5.86. The van der Waals surface area contributed by atoms with Crippen LogP contribution < -0.4 is 0 Å². The van der Waals surface area contributed by atoms with Gasteiger partial charge in [-0.25, -0.2) is 8.78 Å². The minimum absolute atomic E-state index is 0.0971. The lowest BCUT2D eigenvalue weighted by molar-refractivity contribution is 0.158. The van der Waals surface area contributed by atoms with Crippen molar-refractivity contribution in [2.45, 2.75) is 70.6 Å². The van der Waals surface area contributed by atoms with Gasteiger partial charge in [0.1, 0.15) is 5.82 Å². The SMILES string of the molecule is CCC1CCC(C2CCC(c3cc(F)c4c(F)c(O)ccc4c3)CC2)CC1. The summed E-state index contributed by atoms with van der Waals surface area (Å²) in [5.74, 6) is 1.12. The second kappa shape index (κ2) is 7.77. The summed E-state index contributed by atoms with van der Waals surface area (Å²) in [5, 5.41) is 9.95. The van der Waals surface area contributed by atoms with Crippen LogP contribution in [-0.2, 0) is 0 Å². The van der Waals surface area contributed by atoms with Crippen molar-refractivity contribution < 1.29 is 13.9 Å². The molecule has 27 heavy (non-hydrogen) atoms. The molecule has 2 aliphatic carbocycles. The fourth-order valence-corrected chi connectivity index (χ4v) is 5.61. The molecule has 0 radical (unpaired) electrons. The molecule has 0 heterocycles. The van der Waals surface area contributed by atoms with Gasteiger partial charge in [0.25, 0.3) is 0 Å². The highest BCUT2D eigenvalue weighted by Gasteiger charge is 2.31. The Morgan fingerprint density at radius 1 is 0.889 bits per heavy atom. The van der Waals surface area contributed by atoms with Crippen LogP contribution in [0.25, 0.3) is 10.8 Å². The molecule has 3 heteroatoms. The Hall–Kier alpha value is -1.64. The zero-order valence-corrected chi connectivity index (χ0v) is 16.2. The second-order valence-electron chi connectivity index (χ2n) is 8.80. The molecule has 0 amide bonds. The summed E-state index contributed by atoms with van der Waals surface area (Å²) in [4.78, 5) is 0. The Bertz CT molecular complexity index is 800. The Kier molecular flexibility index (Phi) is 5.39. The summed E-state index contributed by atoms with van der Waals surface area (Å²) in [6.45, 7) is 2.31. The lowest BCUT2D eigenvalue weighted by Gasteiger charge is -2.38. The van der Waals surface area contributed by atoms with Crippen LogP contribution in [0.4, 0.5) is 8.78 Å². The molecule has 0 spiro atoms. The maximum absolute atomic E-state index is 14.5. The van der Waals surface area contributed by atoms with Gasteiger partial charge < -0.3 is 5.11 Å². The van der Waals surface area contributed by atoms with Crippen LogP contribution in [0.1, 0.15) is 76.2 Å². The summed E-state index contributed by atoms with van der Waals surface area (Å²) < 4.78 is 28.6. The number of aromatic hydroxyl groups is 1. The lowest BCUT2D eigenvalue weighted by Crippen LogP contribution is -2.25. The van der Waals surface area contributed by atoms with Crippen LogP contribution in [0.3, 0.4) is 0 Å².